The Labute approximate surface area is 190 Å². The Morgan fingerprint density at radius 2 is 1.72 bits per heavy atom. The first-order valence-electron chi connectivity index (χ1n) is 10.4. The summed E-state index contributed by atoms with van der Waals surface area (Å²) in [7, 11) is 1.64. The third-order valence-corrected chi connectivity index (χ3v) is 5.87. The molecular formula is C25H24N2O4S. The molecule has 0 spiro atoms. The maximum Gasteiger partial charge on any atom is 0.279 e. The number of thiazole rings is 1. The fourth-order valence-electron chi connectivity index (χ4n) is 3.30. The maximum atomic E-state index is 12.9. The van der Waals surface area contributed by atoms with Crippen LogP contribution < -0.4 is 14.3 Å². The van der Waals surface area contributed by atoms with E-state index >= 15 is 0 Å². The molecule has 0 atom stereocenters. The number of hydrogen-bond donors (Lipinski definition) is 0. The van der Waals surface area contributed by atoms with Crippen LogP contribution in [0.1, 0.15) is 17.3 Å². The smallest absolute Gasteiger partial charge is 0.279 e. The molecule has 1 heterocycles. The first-order chi connectivity index (χ1) is 15.7. The molecule has 7 heteroatoms. The van der Waals surface area contributed by atoms with Gasteiger partial charge in [0.15, 0.2) is 4.80 Å². The summed E-state index contributed by atoms with van der Waals surface area (Å²) < 4.78 is 19.9. The van der Waals surface area contributed by atoms with Gasteiger partial charge in [0.05, 0.1) is 18.4 Å². The van der Waals surface area contributed by atoms with Gasteiger partial charge in [0.2, 0.25) is 0 Å². The maximum absolute atomic E-state index is 12.9. The van der Waals surface area contributed by atoms with E-state index < -0.39 is 0 Å². The number of rotatable bonds is 8. The Morgan fingerprint density at radius 1 is 0.969 bits per heavy atom. The van der Waals surface area contributed by atoms with Crippen LogP contribution in [0.3, 0.4) is 0 Å². The standard InChI is InChI=1S/C25H24N2O4S/c1-3-30-17-16-27-23-21(29-2)10-7-11-22(23)32-25(27)26-24(28)18-12-14-20(15-13-18)31-19-8-5-4-6-9-19/h4-15H,3,16-17H2,1-2H3. The van der Waals surface area contributed by atoms with Gasteiger partial charge >= 0.3 is 0 Å². The molecular weight excluding hydrogens is 424 g/mol. The summed E-state index contributed by atoms with van der Waals surface area (Å²) in [5.41, 5.74) is 1.41. The monoisotopic (exact) mass is 448 g/mol. The van der Waals surface area contributed by atoms with Crippen molar-refractivity contribution < 1.29 is 19.0 Å². The Kier molecular flexibility index (Phi) is 6.99. The molecule has 0 unspecified atom stereocenters. The molecule has 3 aromatic carbocycles. The zero-order valence-corrected chi connectivity index (χ0v) is 18.8. The molecule has 0 fully saturated rings. The van der Waals surface area contributed by atoms with Crippen molar-refractivity contribution >= 4 is 27.5 Å². The third kappa shape index (κ3) is 4.90. The lowest BCUT2D eigenvalue weighted by molar-refractivity contribution is 0.0996. The lowest BCUT2D eigenvalue weighted by Gasteiger charge is -2.08. The predicted octanol–water partition coefficient (Wildman–Crippen LogP) is 5.28. The molecule has 164 valence electrons. The molecule has 6 nitrogen and oxygen atoms in total. The number of ether oxygens (including phenoxy) is 3. The summed E-state index contributed by atoms with van der Waals surface area (Å²) in [6.07, 6.45) is 0. The number of methoxy groups -OCH3 is 1. The van der Waals surface area contributed by atoms with Crippen molar-refractivity contribution in [2.24, 2.45) is 4.99 Å². The van der Waals surface area contributed by atoms with E-state index in [9.17, 15) is 4.79 Å². The first kappa shape index (κ1) is 21.8. The normalized spacial score (nSPS) is 11.6. The zero-order chi connectivity index (χ0) is 22.3. The van der Waals surface area contributed by atoms with Crippen LogP contribution in [-0.4, -0.2) is 30.8 Å². The van der Waals surface area contributed by atoms with Crippen molar-refractivity contribution in [2.45, 2.75) is 13.5 Å². The van der Waals surface area contributed by atoms with Crippen LogP contribution in [0.25, 0.3) is 10.2 Å². The van der Waals surface area contributed by atoms with Gasteiger partial charge in [-0.3, -0.25) is 4.79 Å². The number of benzene rings is 3. The summed E-state index contributed by atoms with van der Waals surface area (Å²) >= 11 is 1.45. The minimum atomic E-state index is -0.313. The van der Waals surface area contributed by atoms with Gasteiger partial charge in [-0.25, -0.2) is 0 Å². The van der Waals surface area contributed by atoms with Crippen molar-refractivity contribution in [3.8, 4) is 17.2 Å². The predicted molar refractivity (Wildman–Crippen MR) is 126 cm³/mol. The van der Waals surface area contributed by atoms with E-state index in [1.54, 1.807) is 31.4 Å². The number of para-hydroxylation sites is 2. The van der Waals surface area contributed by atoms with Crippen molar-refractivity contribution in [1.82, 2.24) is 4.57 Å². The van der Waals surface area contributed by atoms with Gasteiger partial charge in [-0.05, 0) is 55.5 Å². The number of carbonyl (C=O) groups is 1. The molecule has 0 saturated carbocycles. The van der Waals surface area contributed by atoms with Crippen molar-refractivity contribution in [3.05, 3.63) is 83.2 Å². The van der Waals surface area contributed by atoms with Gasteiger partial charge in [0.25, 0.3) is 5.91 Å². The van der Waals surface area contributed by atoms with Gasteiger partial charge in [-0.2, -0.15) is 4.99 Å². The van der Waals surface area contributed by atoms with E-state index in [0.717, 1.165) is 21.7 Å². The summed E-state index contributed by atoms with van der Waals surface area (Å²) in [6, 6.07) is 22.3. The van der Waals surface area contributed by atoms with E-state index in [0.29, 0.717) is 35.9 Å². The molecule has 0 N–H and O–H groups in total. The van der Waals surface area contributed by atoms with Gasteiger partial charge in [0.1, 0.15) is 22.8 Å². The highest BCUT2D eigenvalue weighted by Crippen LogP contribution is 2.27. The molecule has 0 bridgehead atoms. The zero-order valence-electron chi connectivity index (χ0n) is 18.0. The molecule has 0 aliphatic heterocycles. The second-order valence-electron chi connectivity index (χ2n) is 6.90. The second kappa shape index (κ2) is 10.3. The minimum Gasteiger partial charge on any atom is -0.495 e. The first-order valence-corrected chi connectivity index (χ1v) is 11.2. The molecule has 4 aromatic rings. The van der Waals surface area contributed by atoms with Crippen LogP contribution in [0.2, 0.25) is 0 Å². The van der Waals surface area contributed by atoms with Gasteiger partial charge in [-0.1, -0.05) is 35.6 Å². The topological polar surface area (TPSA) is 62.1 Å². The van der Waals surface area contributed by atoms with Crippen LogP contribution >= 0.6 is 11.3 Å². The number of fused-ring (bicyclic) bond motifs is 1. The molecule has 0 saturated heterocycles. The number of aromatic nitrogens is 1. The molecule has 4 rings (SSSR count). The fraction of sp³-hybridized carbons (Fsp3) is 0.200. The summed E-state index contributed by atoms with van der Waals surface area (Å²) in [6.45, 7) is 3.68. The fourth-order valence-corrected chi connectivity index (χ4v) is 4.37. The van der Waals surface area contributed by atoms with Crippen molar-refractivity contribution in [3.63, 3.8) is 0 Å². The average molecular weight is 449 g/mol. The lowest BCUT2D eigenvalue weighted by Crippen LogP contribution is -2.20. The third-order valence-electron chi connectivity index (χ3n) is 4.82. The molecule has 0 aliphatic rings. The number of nitrogens with zero attached hydrogens (tertiary/aromatic N) is 2. The Bertz CT molecular complexity index is 1260. The quantitative estimate of drug-likeness (QED) is 0.344. The number of hydrogen-bond acceptors (Lipinski definition) is 5. The number of amides is 1. The highest BCUT2D eigenvalue weighted by atomic mass is 32.1. The highest BCUT2D eigenvalue weighted by molar-refractivity contribution is 7.16. The van der Waals surface area contributed by atoms with Crippen LogP contribution in [-0.2, 0) is 11.3 Å². The molecule has 0 radical (unpaired) electrons. The SMILES string of the molecule is CCOCCn1c(=NC(=O)c2ccc(Oc3ccccc3)cc2)sc2cccc(OC)c21. The molecule has 1 aromatic heterocycles. The number of carbonyl (C=O) groups excluding carboxylic acids is 1. The minimum absolute atomic E-state index is 0.313. The van der Waals surface area contributed by atoms with E-state index in [1.165, 1.54) is 11.3 Å². The second-order valence-corrected chi connectivity index (χ2v) is 7.91. The van der Waals surface area contributed by atoms with E-state index in [1.807, 2.05) is 60.0 Å². The molecule has 1 amide bonds. The molecule has 32 heavy (non-hydrogen) atoms. The summed E-state index contributed by atoms with van der Waals surface area (Å²) in [5, 5.41) is 0. The summed E-state index contributed by atoms with van der Waals surface area (Å²) in [5.74, 6) is 1.83. The van der Waals surface area contributed by atoms with Gasteiger partial charge in [-0.15, -0.1) is 0 Å². The van der Waals surface area contributed by atoms with Crippen molar-refractivity contribution in [1.29, 1.82) is 0 Å². The van der Waals surface area contributed by atoms with E-state index in [4.69, 9.17) is 14.2 Å². The summed E-state index contributed by atoms with van der Waals surface area (Å²) in [4.78, 5) is 18.0. The van der Waals surface area contributed by atoms with Gasteiger partial charge in [0, 0.05) is 18.7 Å². The highest BCUT2D eigenvalue weighted by Gasteiger charge is 2.13. The van der Waals surface area contributed by atoms with E-state index in [-0.39, 0.29) is 5.91 Å². The average Bonchev–Trinajstić information content (AvgIpc) is 3.17. The van der Waals surface area contributed by atoms with Crippen LogP contribution in [0, 0.1) is 0 Å². The van der Waals surface area contributed by atoms with Crippen LogP contribution in [0.5, 0.6) is 17.2 Å². The lowest BCUT2D eigenvalue weighted by atomic mass is 10.2. The molecule has 0 aliphatic carbocycles. The van der Waals surface area contributed by atoms with E-state index in [2.05, 4.69) is 4.99 Å². The Hall–Kier alpha value is -3.42. The van der Waals surface area contributed by atoms with Gasteiger partial charge < -0.3 is 18.8 Å². The largest absolute Gasteiger partial charge is 0.495 e. The Balaban J connectivity index is 1.64. The van der Waals surface area contributed by atoms with Crippen LogP contribution in [0.15, 0.2) is 77.8 Å². The van der Waals surface area contributed by atoms with Crippen molar-refractivity contribution in [2.75, 3.05) is 20.3 Å². The van der Waals surface area contributed by atoms with Crippen LogP contribution in [0.4, 0.5) is 0 Å². The Morgan fingerprint density at radius 3 is 2.44 bits per heavy atom.